The summed E-state index contributed by atoms with van der Waals surface area (Å²) in [6.07, 6.45) is 6.84. The summed E-state index contributed by atoms with van der Waals surface area (Å²) in [5, 5.41) is 0. The Morgan fingerprint density at radius 3 is 1.59 bits per heavy atom. The van der Waals surface area contributed by atoms with E-state index in [0.717, 1.165) is 0 Å². The Morgan fingerprint density at radius 1 is 0.706 bits per heavy atom. The molecule has 0 rings (SSSR count). The zero-order valence-electron chi connectivity index (χ0n) is 13.4. The zero-order valence-corrected chi connectivity index (χ0v) is 13.4. The van der Waals surface area contributed by atoms with Crippen molar-refractivity contribution in [2.75, 3.05) is 13.1 Å². The van der Waals surface area contributed by atoms with Gasteiger partial charge in [0.2, 0.25) is 0 Å². The first-order valence-electron chi connectivity index (χ1n) is 7.48. The molecule has 0 aliphatic carbocycles. The highest BCUT2D eigenvalue weighted by atomic mass is 15.2. The third-order valence-corrected chi connectivity index (χ3v) is 3.83. The molecule has 0 amide bonds. The van der Waals surface area contributed by atoms with Crippen molar-refractivity contribution in [3.63, 3.8) is 0 Å². The highest BCUT2D eigenvalue weighted by Gasteiger charge is 2.23. The minimum Gasteiger partial charge on any atom is -0.299 e. The smallest absolute Gasteiger partial charge is 0.0153 e. The maximum atomic E-state index is 2.58. The molecule has 0 N–H and O–H groups in total. The van der Waals surface area contributed by atoms with E-state index in [-0.39, 0.29) is 0 Å². The van der Waals surface area contributed by atoms with Gasteiger partial charge in [-0.3, -0.25) is 4.90 Å². The average molecular weight is 241 g/mol. The van der Waals surface area contributed by atoms with E-state index >= 15 is 0 Å². The SMILES string of the molecule is CCN(CC)C(C)(C)CCCCCC(C)(C)C. The topological polar surface area (TPSA) is 3.24 Å². The molecule has 104 valence electrons. The lowest BCUT2D eigenvalue weighted by molar-refractivity contribution is 0.121. The van der Waals surface area contributed by atoms with Crippen molar-refractivity contribution < 1.29 is 0 Å². The number of rotatable bonds is 8. The van der Waals surface area contributed by atoms with Crippen LogP contribution in [0, 0.1) is 5.41 Å². The predicted molar refractivity (Wildman–Crippen MR) is 79.5 cm³/mol. The van der Waals surface area contributed by atoms with Gasteiger partial charge in [-0.2, -0.15) is 0 Å². The summed E-state index contributed by atoms with van der Waals surface area (Å²) in [5.74, 6) is 0. The lowest BCUT2D eigenvalue weighted by Gasteiger charge is -2.37. The van der Waals surface area contributed by atoms with Crippen LogP contribution in [0.3, 0.4) is 0 Å². The predicted octanol–water partition coefficient (Wildman–Crippen LogP) is 5.10. The van der Waals surface area contributed by atoms with E-state index < -0.39 is 0 Å². The van der Waals surface area contributed by atoms with E-state index in [1.165, 1.54) is 45.2 Å². The Bertz CT molecular complexity index is 184. The van der Waals surface area contributed by atoms with Gasteiger partial charge in [0.25, 0.3) is 0 Å². The van der Waals surface area contributed by atoms with Crippen LogP contribution in [-0.2, 0) is 0 Å². The molecule has 0 aromatic carbocycles. The number of unbranched alkanes of at least 4 members (excludes halogenated alkanes) is 2. The maximum absolute atomic E-state index is 2.58. The first-order chi connectivity index (χ1) is 7.73. The highest BCUT2D eigenvalue weighted by molar-refractivity contribution is 4.80. The second-order valence-corrected chi connectivity index (χ2v) is 7.11. The fraction of sp³-hybridized carbons (Fsp3) is 1.00. The van der Waals surface area contributed by atoms with Gasteiger partial charge in [0.05, 0.1) is 0 Å². The molecular formula is C16H35N. The van der Waals surface area contributed by atoms with Crippen molar-refractivity contribution in [1.82, 2.24) is 4.90 Å². The summed E-state index contributed by atoms with van der Waals surface area (Å²) >= 11 is 0. The van der Waals surface area contributed by atoms with Gasteiger partial charge in [0.1, 0.15) is 0 Å². The Kier molecular flexibility index (Phi) is 7.39. The van der Waals surface area contributed by atoms with E-state index in [1.54, 1.807) is 0 Å². The molecule has 0 aromatic rings. The fourth-order valence-electron chi connectivity index (χ4n) is 2.63. The van der Waals surface area contributed by atoms with E-state index in [1.807, 2.05) is 0 Å². The average Bonchev–Trinajstić information content (AvgIpc) is 2.16. The summed E-state index contributed by atoms with van der Waals surface area (Å²) in [6, 6.07) is 0. The molecule has 0 fully saturated rings. The lowest BCUT2D eigenvalue weighted by atomic mass is 9.88. The second kappa shape index (κ2) is 7.41. The third-order valence-electron chi connectivity index (χ3n) is 3.83. The Labute approximate surface area is 110 Å². The van der Waals surface area contributed by atoms with Gasteiger partial charge >= 0.3 is 0 Å². The van der Waals surface area contributed by atoms with Crippen LogP contribution in [0.4, 0.5) is 0 Å². The standard InChI is InChI=1S/C16H35N/c1-8-17(9-2)16(6,7)14-12-10-11-13-15(3,4)5/h8-14H2,1-7H3. The van der Waals surface area contributed by atoms with E-state index in [4.69, 9.17) is 0 Å². The van der Waals surface area contributed by atoms with Crippen LogP contribution >= 0.6 is 0 Å². The van der Waals surface area contributed by atoms with Crippen LogP contribution in [-0.4, -0.2) is 23.5 Å². The summed E-state index contributed by atoms with van der Waals surface area (Å²) in [5.41, 5.74) is 0.889. The summed E-state index contributed by atoms with van der Waals surface area (Å²) < 4.78 is 0. The molecule has 0 atom stereocenters. The minimum atomic E-state index is 0.380. The molecule has 1 nitrogen and oxygen atoms in total. The quantitative estimate of drug-likeness (QED) is 0.534. The maximum Gasteiger partial charge on any atom is 0.0153 e. The normalized spacial score (nSPS) is 13.4. The molecule has 0 saturated carbocycles. The van der Waals surface area contributed by atoms with Gasteiger partial charge in [-0.25, -0.2) is 0 Å². The highest BCUT2D eigenvalue weighted by Crippen LogP contribution is 2.25. The Hall–Kier alpha value is -0.0400. The van der Waals surface area contributed by atoms with Crippen molar-refractivity contribution in [2.45, 2.75) is 86.1 Å². The van der Waals surface area contributed by atoms with Gasteiger partial charge in [-0.05, 0) is 45.2 Å². The van der Waals surface area contributed by atoms with E-state index in [0.29, 0.717) is 11.0 Å². The fourth-order valence-corrected chi connectivity index (χ4v) is 2.63. The van der Waals surface area contributed by atoms with Crippen molar-refractivity contribution in [1.29, 1.82) is 0 Å². The molecule has 0 heterocycles. The van der Waals surface area contributed by atoms with E-state index in [9.17, 15) is 0 Å². The minimum absolute atomic E-state index is 0.380. The summed E-state index contributed by atoms with van der Waals surface area (Å²) in [4.78, 5) is 2.58. The second-order valence-electron chi connectivity index (χ2n) is 7.11. The van der Waals surface area contributed by atoms with Crippen molar-refractivity contribution in [3.05, 3.63) is 0 Å². The van der Waals surface area contributed by atoms with Crippen LogP contribution in [0.5, 0.6) is 0 Å². The number of hydrogen-bond acceptors (Lipinski definition) is 1. The molecule has 0 aliphatic heterocycles. The molecule has 0 aromatic heterocycles. The molecule has 0 spiro atoms. The summed E-state index contributed by atoms with van der Waals surface area (Å²) in [6.45, 7) is 18.7. The number of hydrogen-bond donors (Lipinski definition) is 0. The van der Waals surface area contributed by atoms with Crippen LogP contribution in [0.25, 0.3) is 0 Å². The Balaban J connectivity index is 3.80. The van der Waals surface area contributed by atoms with Gasteiger partial charge in [-0.1, -0.05) is 53.9 Å². The molecule has 1 heteroatoms. The largest absolute Gasteiger partial charge is 0.299 e. The lowest BCUT2D eigenvalue weighted by Crippen LogP contribution is -2.43. The van der Waals surface area contributed by atoms with Gasteiger partial charge < -0.3 is 0 Å². The molecule has 0 bridgehead atoms. The van der Waals surface area contributed by atoms with Crippen LogP contribution in [0.2, 0.25) is 0 Å². The van der Waals surface area contributed by atoms with Crippen LogP contribution in [0.1, 0.15) is 80.6 Å². The van der Waals surface area contributed by atoms with Crippen molar-refractivity contribution in [3.8, 4) is 0 Å². The molecular weight excluding hydrogens is 206 g/mol. The van der Waals surface area contributed by atoms with Crippen molar-refractivity contribution >= 4 is 0 Å². The molecule has 0 unspecified atom stereocenters. The molecule has 0 radical (unpaired) electrons. The first-order valence-corrected chi connectivity index (χ1v) is 7.48. The number of nitrogens with zero attached hydrogens (tertiary/aromatic N) is 1. The zero-order chi connectivity index (χ0) is 13.5. The van der Waals surface area contributed by atoms with Gasteiger partial charge in [-0.15, -0.1) is 0 Å². The summed E-state index contributed by atoms with van der Waals surface area (Å²) in [7, 11) is 0. The van der Waals surface area contributed by atoms with Crippen molar-refractivity contribution in [2.24, 2.45) is 5.41 Å². The molecule has 17 heavy (non-hydrogen) atoms. The van der Waals surface area contributed by atoms with Crippen LogP contribution in [0.15, 0.2) is 0 Å². The van der Waals surface area contributed by atoms with Gasteiger partial charge in [0, 0.05) is 5.54 Å². The monoisotopic (exact) mass is 241 g/mol. The van der Waals surface area contributed by atoms with Crippen LogP contribution < -0.4 is 0 Å². The van der Waals surface area contributed by atoms with E-state index in [2.05, 4.69) is 53.4 Å². The van der Waals surface area contributed by atoms with Gasteiger partial charge in [0.15, 0.2) is 0 Å². The molecule has 0 aliphatic rings. The molecule has 0 saturated heterocycles. The first kappa shape index (κ1) is 17.0. The Morgan fingerprint density at radius 2 is 1.18 bits per heavy atom. The third kappa shape index (κ3) is 7.81.